The van der Waals surface area contributed by atoms with E-state index in [1.807, 2.05) is 39.8 Å². The van der Waals surface area contributed by atoms with Gasteiger partial charge in [0.2, 0.25) is 0 Å². The molecule has 2 rings (SSSR count). The predicted octanol–water partition coefficient (Wildman–Crippen LogP) is 3.08. The zero-order valence-electron chi connectivity index (χ0n) is 9.23. The summed E-state index contributed by atoms with van der Waals surface area (Å²) in [4.78, 5) is 3.95. The van der Waals surface area contributed by atoms with Crippen molar-refractivity contribution in [3.63, 3.8) is 0 Å². The van der Waals surface area contributed by atoms with Gasteiger partial charge in [-0.25, -0.2) is 0 Å². The van der Waals surface area contributed by atoms with Crippen LogP contribution in [0.2, 0.25) is 0 Å². The van der Waals surface area contributed by atoms with Crippen LogP contribution in [0.5, 0.6) is 0 Å². The van der Waals surface area contributed by atoms with Gasteiger partial charge in [0, 0.05) is 17.8 Å². The van der Waals surface area contributed by atoms with Crippen molar-refractivity contribution < 1.29 is 0 Å². The van der Waals surface area contributed by atoms with Crippen LogP contribution >= 0.6 is 0 Å². The van der Waals surface area contributed by atoms with Crippen molar-refractivity contribution in [2.45, 2.75) is 27.7 Å². The van der Waals surface area contributed by atoms with Crippen molar-refractivity contribution in [2.75, 3.05) is 0 Å². The quantitative estimate of drug-likeness (QED) is 0.642. The average molecular weight is 191 g/mol. The van der Waals surface area contributed by atoms with Crippen LogP contribution in [0.25, 0.3) is 10.9 Å². The van der Waals surface area contributed by atoms with E-state index in [1.165, 1.54) is 0 Å². The Morgan fingerprint density at radius 2 is 1.64 bits per heavy atom. The molecule has 0 atom stereocenters. The second-order valence-corrected chi connectivity index (χ2v) is 1.97. The van der Waals surface area contributed by atoms with Gasteiger partial charge in [0.15, 0.2) is 0 Å². The van der Waals surface area contributed by atoms with Crippen molar-refractivity contribution in [3.05, 3.63) is 30.7 Å². The number of hydrogen-bond acceptors (Lipinski definition) is 3. The van der Waals surface area contributed by atoms with Crippen molar-refractivity contribution in [1.29, 1.82) is 0 Å². The summed E-state index contributed by atoms with van der Waals surface area (Å²) in [7, 11) is 0. The number of pyridine rings is 1. The summed E-state index contributed by atoms with van der Waals surface area (Å²) in [5.41, 5.74) is 0.887. The summed E-state index contributed by atoms with van der Waals surface area (Å²) in [6.45, 7) is 8.00. The third kappa shape index (κ3) is 3.47. The molecule has 2 aromatic heterocycles. The van der Waals surface area contributed by atoms with Gasteiger partial charge in [-0.1, -0.05) is 27.7 Å². The molecule has 0 bridgehead atoms. The Hall–Kier alpha value is -1.51. The van der Waals surface area contributed by atoms with E-state index in [-0.39, 0.29) is 0 Å². The molecule has 76 valence electrons. The zero-order valence-corrected chi connectivity index (χ0v) is 9.23. The van der Waals surface area contributed by atoms with Gasteiger partial charge in [-0.2, -0.15) is 10.2 Å². The van der Waals surface area contributed by atoms with Crippen LogP contribution < -0.4 is 0 Å². The second kappa shape index (κ2) is 8.10. The number of rotatable bonds is 0. The molecule has 3 nitrogen and oxygen atoms in total. The van der Waals surface area contributed by atoms with Crippen LogP contribution in [0.1, 0.15) is 27.7 Å². The normalized spacial score (nSPS) is 8.00. The minimum Gasteiger partial charge on any atom is -0.264 e. The van der Waals surface area contributed by atoms with Gasteiger partial charge in [-0.15, -0.1) is 0 Å². The molecule has 0 aliphatic heterocycles. The van der Waals surface area contributed by atoms with Crippen molar-refractivity contribution in [3.8, 4) is 0 Å². The van der Waals surface area contributed by atoms with Gasteiger partial charge in [0.25, 0.3) is 0 Å². The Morgan fingerprint density at radius 1 is 0.929 bits per heavy atom. The summed E-state index contributed by atoms with van der Waals surface area (Å²) in [5.74, 6) is 0. The molecular formula is C11H17N3. The van der Waals surface area contributed by atoms with E-state index in [9.17, 15) is 0 Å². The van der Waals surface area contributed by atoms with E-state index in [4.69, 9.17) is 0 Å². The smallest absolute Gasteiger partial charge is 0.0960 e. The summed E-state index contributed by atoms with van der Waals surface area (Å²) in [6.07, 6.45) is 5.13. The molecule has 0 unspecified atom stereocenters. The molecule has 0 fully saturated rings. The first-order valence-electron chi connectivity index (χ1n) is 4.98. The summed E-state index contributed by atoms with van der Waals surface area (Å²) >= 11 is 0. The van der Waals surface area contributed by atoms with Gasteiger partial charge < -0.3 is 0 Å². The van der Waals surface area contributed by atoms with E-state index >= 15 is 0 Å². The van der Waals surface area contributed by atoms with E-state index < -0.39 is 0 Å². The number of nitrogens with zero attached hydrogens (tertiary/aromatic N) is 3. The molecule has 0 spiro atoms. The third-order valence-corrected chi connectivity index (χ3v) is 1.31. The molecule has 0 N–H and O–H groups in total. The first kappa shape index (κ1) is 12.5. The van der Waals surface area contributed by atoms with Gasteiger partial charge in [-0.3, -0.25) is 4.98 Å². The maximum atomic E-state index is 3.95. The lowest BCUT2D eigenvalue weighted by molar-refractivity contribution is 1.07. The highest BCUT2D eigenvalue weighted by atomic mass is 15.1. The second-order valence-electron chi connectivity index (χ2n) is 1.97. The summed E-state index contributed by atoms with van der Waals surface area (Å²) in [5, 5.41) is 8.65. The Kier molecular flexibility index (Phi) is 7.23. The Labute approximate surface area is 85.2 Å². The number of fused-ring (bicyclic) bond motifs is 1. The fourth-order valence-electron chi connectivity index (χ4n) is 0.828. The topological polar surface area (TPSA) is 38.7 Å². The highest BCUT2D eigenvalue weighted by molar-refractivity contribution is 5.75. The highest BCUT2D eigenvalue weighted by Gasteiger charge is 1.88. The highest BCUT2D eigenvalue weighted by Crippen LogP contribution is 2.04. The molecule has 0 radical (unpaired) electrons. The van der Waals surface area contributed by atoms with Crippen LogP contribution in [0, 0.1) is 0 Å². The minimum absolute atomic E-state index is 0.887. The van der Waals surface area contributed by atoms with Gasteiger partial charge in [0.1, 0.15) is 0 Å². The molecule has 3 heteroatoms. The fraction of sp³-hybridized carbons (Fsp3) is 0.364. The summed E-state index contributed by atoms with van der Waals surface area (Å²) in [6, 6.07) is 3.72. The molecule has 0 aliphatic carbocycles. The van der Waals surface area contributed by atoms with Crippen LogP contribution in [0.3, 0.4) is 0 Å². The lowest BCUT2D eigenvalue weighted by Gasteiger charge is -1.89. The van der Waals surface area contributed by atoms with Crippen LogP contribution in [-0.4, -0.2) is 15.2 Å². The van der Waals surface area contributed by atoms with Gasteiger partial charge in [-0.05, 0) is 12.1 Å². The molecular weight excluding hydrogens is 174 g/mol. The Balaban J connectivity index is 0.000000379. The summed E-state index contributed by atoms with van der Waals surface area (Å²) < 4.78 is 0. The van der Waals surface area contributed by atoms with E-state index in [1.54, 1.807) is 18.6 Å². The van der Waals surface area contributed by atoms with Crippen molar-refractivity contribution in [1.82, 2.24) is 15.2 Å². The maximum Gasteiger partial charge on any atom is 0.0960 e. The van der Waals surface area contributed by atoms with Crippen molar-refractivity contribution in [2.24, 2.45) is 0 Å². The molecule has 0 aromatic carbocycles. The first-order valence-corrected chi connectivity index (χ1v) is 4.98. The van der Waals surface area contributed by atoms with E-state index in [0.29, 0.717) is 0 Å². The van der Waals surface area contributed by atoms with Gasteiger partial charge >= 0.3 is 0 Å². The molecule has 14 heavy (non-hydrogen) atoms. The molecule has 0 saturated heterocycles. The zero-order chi connectivity index (χ0) is 10.8. The van der Waals surface area contributed by atoms with E-state index in [0.717, 1.165) is 10.9 Å². The Bertz CT molecular complexity index is 282. The van der Waals surface area contributed by atoms with Crippen molar-refractivity contribution >= 4 is 10.9 Å². The predicted molar refractivity (Wildman–Crippen MR) is 60.0 cm³/mol. The van der Waals surface area contributed by atoms with Crippen LogP contribution in [0.15, 0.2) is 30.7 Å². The molecule has 2 aromatic rings. The number of aromatic nitrogens is 3. The SMILES string of the molecule is CC.CC.c1cc2nnccc2cn1. The largest absolute Gasteiger partial charge is 0.264 e. The van der Waals surface area contributed by atoms with E-state index in [2.05, 4.69) is 15.2 Å². The molecule has 0 aliphatic rings. The Morgan fingerprint density at radius 3 is 2.29 bits per heavy atom. The molecule has 2 heterocycles. The lowest BCUT2D eigenvalue weighted by Crippen LogP contribution is -1.81. The maximum absolute atomic E-state index is 3.95. The molecule has 0 amide bonds. The fourth-order valence-corrected chi connectivity index (χ4v) is 0.828. The van der Waals surface area contributed by atoms with Gasteiger partial charge in [0.05, 0.1) is 11.7 Å². The third-order valence-electron chi connectivity index (χ3n) is 1.31. The molecule has 0 saturated carbocycles. The average Bonchev–Trinajstić information content (AvgIpc) is 2.34. The van der Waals surface area contributed by atoms with Crippen LogP contribution in [0.4, 0.5) is 0 Å². The standard InChI is InChI=1S/C7H5N3.2C2H6/c1-4-9-10-7-2-3-8-5-6(1)7;2*1-2/h1-5H;2*1-2H3. The monoisotopic (exact) mass is 191 g/mol. The minimum atomic E-state index is 0.887. The number of hydrogen-bond donors (Lipinski definition) is 0. The first-order chi connectivity index (χ1) is 6.97. The van der Waals surface area contributed by atoms with Crippen LogP contribution in [-0.2, 0) is 0 Å². The lowest BCUT2D eigenvalue weighted by atomic mass is 10.3.